The van der Waals surface area contributed by atoms with Gasteiger partial charge in [-0.25, -0.2) is 0 Å². The first-order valence-electron chi connectivity index (χ1n) is 8.98. The maximum Gasteiger partial charge on any atom is 0.416 e. The molecule has 3 N–H and O–H groups in total. The quantitative estimate of drug-likeness (QED) is 0.621. The van der Waals surface area contributed by atoms with Gasteiger partial charge in [0.25, 0.3) is 11.5 Å². The van der Waals surface area contributed by atoms with E-state index < -0.39 is 29.2 Å². The third-order valence-electron chi connectivity index (χ3n) is 4.42. The fourth-order valence-corrected chi connectivity index (χ4v) is 2.87. The number of halogens is 3. The number of nitrogens with zero attached hydrogens (tertiary/aromatic N) is 3. The Morgan fingerprint density at radius 2 is 1.87 bits per heavy atom. The van der Waals surface area contributed by atoms with E-state index >= 15 is 0 Å². The molecule has 1 atom stereocenters. The van der Waals surface area contributed by atoms with Crippen LogP contribution in [0.2, 0.25) is 0 Å². The molecule has 0 aliphatic rings. The average molecular weight is 427 g/mol. The highest BCUT2D eigenvalue weighted by Gasteiger charge is 2.31. The van der Waals surface area contributed by atoms with Gasteiger partial charge in [0, 0.05) is 5.69 Å². The summed E-state index contributed by atoms with van der Waals surface area (Å²) in [5.74, 6) is -0.773. The van der Waals surface area contributed by atoms with Crippen LogP contribution in [0.3, 0.4) is 0 Å². The van der Waals surface area contributed by atoms with Gasteiger partial charge in [-0.05, 0) is 48.9 Å². The maximum absolute atomic E-state index is 13.0. The van der Waals surface area contributed by atoms with Crippen LogP contribution in [-0.4, -0.2) is 15.7 Å². The lowest BCUT2D eigenvalue weighted by Gasteiger charge is -2.17. The Balaban J connectivity index is 1.95. The molecule has 0 radical (unpaired) electrons. The van der Waals surface area contributed by atoms with Gasteiger partial charge in [0.05, 0.1) is 17.3 Å². The van der Waals surface area contributed by atoms with Crippen LogP contribution in [-0.2, 0) is 6.18 Å². The Labute approximate surface area is 174 Å². The highest BCUT2D eigenvalue weighted by Crippen LogP contribution is 2.32. The number of aromatic nitrogens is 2. The first-order valence-corrected chi connectivity index (χ1v) is 8.98. The number of hydrogen-bond acceptors (Lipinski definition) is 5. The molecule has 158 valence electrons. The van der Waals surface area contributed by atoms with E-state index in [1.807, 2.05) is 0 Å². The predicted octanol–water partition coefficient (Wildman–Crippen LogP) is 3.20. The van der Waals surface area contributed by atoms with Crippen LogP contribution in [0.1, 0.15) is 40.1 Å². The molecule has 0 aliphatic heterocycles. The number of benzene rings is 2. The molecule has 3 rings (SSSR count). The van der Waals surface area contributed by atoms with Crippen molar-refractivity contribution in [2.75, 3.05) is 5.73 Å². The van der Waals surface area contributed by atoms with Crippen molar-refractivity contribution >= 4 is 11.6 Å². The summed E-state index contributed by atoms with van der Waals surface area (Å²) in [6, 6.07) is 13.1. The third kappa shape index (κ3) is 4.72. The van der Waals surface area contributed by atoms with Gasteiger partial charge in [-0.1, -0.05) is 18.2 Å². The number of nitrogen functional groups attached to an aromatic ring is 1. The minimum atomic E-state index is -4.59. The van der Waals surface area contributed by atoms with Crippen LogP contribution in [0.5, 0.6) is 0 Å². The Kier molecular flexibility index (Phi) is 5.79. The Morgan fingerprint density at radius 1 is 1.19 bits per heavy atom. The second kappa shape index (κ2) is 8.31. The molecule has 1 aromatic heterocycles. The van der Waals surface area contributed by atoms with Crippen LogP contribution < -0.4 is 16.6 Å². The molecule has 1 amide bonds. The van der Waals surface area contributed by atoms with Gasteiger partial charge in [0.15, 0.2) is 5.69 Å². The van der Waals surface area contributed by atoms with Gasteiger partial charge >= 0.3 is 6.18 Å². The lowest BCUT2D eigenvalue weighted by atomic mass is 10.0. The monoisotopic (exact) mass is 427 g/mol. The molecular formula is C21H16F3N5O2. The number of carbonyl (C=O) groups excluding carboxylic acids is 1. The second-order valence-electron chi connectivity index (χ2n) is 6.69. The van der Waals surface area contributed by atoms with Crippen molar-refractivity contribution < 1.29 is 18.0 Å². The molecule has 10 heteroatoms. The topological polar surface area (TPSA) is 114 Å². The normalized spacial score (nSPS) is 12.1. The first-order chi connectivity index (χ1) is 14.6. The molecule has 7 nitrogen and oxygen atoms in total. The molecule has 2 aromatic carbocycles. The molecule has 31 heavy (non-hydrogen) atoms. The first kappa shape index (κ1) is 21.6. The van der Waals surface area contributed by atoms with Crippen molar-refractivity contribution in [3.63, 3.8) is 0 Å². The number of nitrogens with two attached hydrogens (primary N) is 1. The van der Waals surface area contributed by atoms with E-state index in [1.165, 1.54) is 13.0 Å². The molecule has 0 bridgehead atoms. The summed E-state index contributed by atoms with van der Waals surface area (Å²) < 4.78 is 40.1. The number of hydrogen-bond donors (Lipinski definition) is 2. The van der Waals surface area contributed by atoms with Crippen molar-refractivity contribution in [3.05, 3.63) is 87.3 Å². The SMILES string of the molecule is CC(NC(=O)c1cc(C#N)c(=O)n(-c2ccccc2)n1)c1cc(N)cc(C(F)(F)F)c1. The Bertz CT molecular complexity index is 1230. The summed E-state index contributed by atoms with van der Waals surface area (Å²) in [5, 5.41) is 15.8. The van der Waals surface area contributed by atoms with Crippen LogP contribution in [0, 0.1) is 11.3 Å². The van der Waals surface area contributed by atoms with E-state index in [1.54, 1.807) is 36.4 Å². The minimum absolute atomic E-state index is 0.103. The summed E-state index contributed by atoms with van der Waals surface area (Å²) in [6.45, 7) is 1.48. The van der Waals surface area contributed by atoms with Crippen LogP contribution in [0.15, 0.2) is 59.4 Å². The van der Waals surface area contributed by atoms with Gasteiger partial charge in [-0.15, -0.1) is 0 Å². The largest absolute Gasteiger partial charge is 0.416 e. The van der Waals surface area contributed by atoms with Gasteiger partial charge < -0.3 is 11.1 Å². The van der Waals surface area contributed by atoms with E-state index in [2.05, 4.69) is 10.4 Å². The van der Waals surface area contributed by atoms with E-state index in [0.29, 0.717) is 5.69 Å². The lowest BCUT2D eigenvalue weighted by molar-refractivity contribution is -0.137. The molecule has 0 aliphatic carbocycles. The van der Waals surface area contributed by atoms with Gasteiger partial charge in [-0.3, -0.25) is 9.59 Å². The number of nitrogens with one attached hydrogen (secondary N) is 1. The van der Waals surface area contributed by atoms with Gasteiger partial charge in [0.2, 0.25) is 0 Å². The number of carbonyl (C=O) groups is 1. The van der Waals surface area contributed by atoms with Crippen molar-refractivity contribution in [2.45, 2.75) is 19.1 Å². The highest BCUT2D eigenvalue weighted by molar-refractivity contribution is 5.92. The van der Waals surface area contributed by atoms with E-state index in [0.717, 1.165) is 22.9 Å². The second-order valence-corrected chi connectivity index (χ2v) is 6.69. The van der Waals surface area contributed by atoms with Crippen molar-refractivity contribution in [3.8, 4) is 11.8 Å². The molecule has 0 saturated carbocycles. The molecule has 0 spiro atoms. The molecule has 3 aromatic rings. The molecule has 1 heterocycles. The average Bonchev–Trinajstić information content (AvgIpc) is 2.73. The van der Waals surface area contributed by atoms with Crippen molar-refractivity contribution in [1.82, 2.24) is 15.1 Å². The van der Waals surface area contributed by atoms with Crippen molar-refractivity contribution in [1.29, 1.82) is 5.26 Å². The smallest absolute Gasteiger partial charge is 0.399 e. The number of anilines is 1. The van der Waals surface area contributed by atoms with E-state index in [4.69, 9.17) is 5.73 Å². The Hall–Kier alpha value is -4.13. The Morgan fingerprint density at radius 3 is 2.48 bits per heavy atom. The van der Waals surface area contributed by atoms with Crippen LogP contribution in [0.25, 0.3) is 5.69 Å². The summed E-state index contributed by atoms with van der Waals surface area (Å²) in [5.41, 5.74) is 3.76. The van der Waals surface area contributed by atoms with Crippen LogP contribution in [0.4, 0.5) is 18.9 Å². The highest BCUT2D eigenvalue weighted by atomic mass is 19.4. The standard InChI is InChI=1S/C21H16F3N5O2/c1-12(13-7-15(21(22,23)24)10-16(26)8-13)27-19(30)18-9-14(11-25)20(31)29(28-18)17-5-3-2-4-6-17/h2-10,12H,26H2,1H3,(H,27,30). The van der Waals surface area contributed by atoms with Crippen LogP contribution >= 0.6 is 0 Å². The number of nitriles is 1. The summed E-state index contributed by atoms with van der Waals surface area (Å²) in [4.78, 5) is 25.1. The van der Waals surface area contributed by atoms with E-state index in [-0.39, 0.29) is 22.5 Å². The zero-order valence-electron chi connectivity index (χ0n) is 16.1. The molecular weight excluding hydrogens is 411 g/mol. The maximum atomic E-state index is 13.0. The molecule has 1 unspecified atom stereocenters. The zero-order valence-corrected chi connectivity index (χ0v) is 16.1. The number of para-hydroxylation sites is 1. The predicted molar refractivity (Wildman–Crippen MR) is 106 cm³/mol. The van der Waals surface area contributed by atoms with Gasteiger partial charge in [-0.2, -0.15) is 28.2 Å². The summed E-state index contributed by atoms with van der Waals surface area (Å²) >= 11 is 0. The third-order valence-corrected chi connectivity index (χ3v) is 4.42. The fourth-order valence-electron chi connectivity index (χ4n) is 2.87. The molecule has 0 fully saturated rings. The minimum Gasteiger partial charge on any atom is -0.399 e. The lowest BCUT2D eigenvalue weighted by Crippen LogP contribution is -2.32. The summed E-state index contributed by atoms with van der Waals surface area (Å²) in [7, 11) is 0. The van der Waals surface area contributed by atoms with E-state index in [9.17, 15) is 28.0 Å². The van der Waals surface area contributed by atoms with Gasteiger partial charge in [0.1, 0.15) is 11.6 Å². The number of alkyl halides is 3. The molecule has 0 saturated heterocycles. The zero-order chi connectivity index (χ0) is 22.8. The number of rotatable bonds is 4. The summed E-state index contributed by atoms with van der Waals surface area (Å²) in [6.07, 6.45) is -4.59. The van der Waals surface area contributed by atoms with Crippen molar-refractivity contribution in [2.24, 2.45) is 0 Å². The fraction of sp³-hybridized carbons (Fsp3) is 0.143. The number of amides is 1.